The predicted octanol–water partition coefficient (Wildman–Crippen LogP) is 4.65. The molecule has 1 aromatic carbocycles. The highest BCUT2D eigenvalue weighted by Gasteiger charge is 2.40. The lowest BCUT2D eigenvalue weighted by Crippen LogP contribution is -2.51. The molecule has 2 amide bonds. The Kier molecular flexibility index (Phi) is 6.96. The molecule has 1 heterocycles. The van der Waals surface area contributed by atoms with Gasteiger partial charge in [-0.15, -0.1) is 0 Å². The van der Waals surface area contributed by atoms with Crippen molar-refractivity contribution in [2.75, 3.05) is 20.1 Å². The van der Waals surface area contributed by atoms with Crippen LogP contribution in [0, 0.1) is 5.92 Å². The monoisotopic (exact) mass is 412 g/mol. The smallest absolute Gasteiger partial charge is 0.257 e. The predicted molar refractivity (Wildman–Crippen MR) is 118 cm³/mol. The van der Waals surface area contributed by atoms with Gasteiger partial charge in [0.05, 0.1) is 11.6 Å². The molecular weight excluding hydrogens is 376 g/mol. The first-order valence-corrected chi connectivity index (χ1v) is 12.0. The molecule has 0 saturated heterocycles. The van der Waals surface area contributed by atoms with Gasteiger partial charge >= 0.3 is 0 Å². The van der Waals surface area contributed by atoms with E-state index in [1.54, 1.807) is 0 Å². The molecule has 0 radical (unpaired) electrons. The summed E-state index contributed by atoms with van der Waals surface area (Å²) < 4.78 is 6.53. The number of ether oxygens (including phenoxy) is 1. The summed E-state index contributed by atoms with van der Waals surface area (Å²) in [7, 11) is 1.89. The second-order valence-electron chi connectivity index (χ2n) is 9.30. The summed E-state index contributed by atoms with van der Waals surface area (Å²) in [6.07, 6.45) is 11.7. The van der Waals surface area contributed by atoms with Gasteiger partial charge in [-0.3, -0.25) is 9.59 Å². The quantitative estimate of drug-likeness (QED) is 0.675. The average Bonchev–Trinajstić information content (AvgIpc) is 3.61. The Bertz CT molecular complexity index is 746. The summed E-state index contributed by atoms with van der Waals surface area (Å²) >= 11 is 0. The van der Waals surface area contributed by atoms with Crippen molar-refractivity contribution in [1.29, 1.82) is 0 Å². The van der Waals surface area contributed by atoms with E-state index in [1.165, 1.54) is 0 Å². The van der Waals surface area contributed by atoms with Crippen LogP contribution in [-0.2, 0) is 4.79 Å². The number of para-hydroxylation sites is 1. The van der Waals surface area contributed by atoms with Crippen LogP contribution < -0.4 is 4.74 Å². The number of carbonyl (C=O) groups excluding carboxylic acids is 2. The molecule has 0 unspecified atom stereocenters. The van der Waals surface area contributed by atoms with Gasteiger partial charge in [0.2, 0.25) is 5.91 Å². The molecule has 0 bridgehead atoms. The molecule has 2 aliphatic carbocycles. The third-order valence-electron chi connectivity index (χ3n) is 6.91. The molecule has 1 aromatic rings. The van der Waals surface area contributed by atoms with Gasteiger partial charge in [0.25, 0.3) is 5.91 Å². The fourth-order valence-electron chi connectivity index (χ4n) is 4.95. The number of nitrogens with zero attached hydrogens (tertiary/aromatic N) is 2. The maximum Gasteiger partial charge on any atom is 0.257 e. The van der Waals surface area contributed by atoms with E-state index in [9.17, 15) is 9.59 Å². The zero-order valence-corrected chi connectivity index (χ0v) is 18.4. The summed E-state index contributed by atoms with van der Waals surface area (Å²) in [5.41, 5.74) is 0.638. The van der Waals surface area contributed by atoms with Gasteiger partial charge in [0.1, 0.15) is 11.9 Å². The SMILES string of the molecule is CN1CCCCCCCN(C(=O)C2CC2)[C@@H]2CCCC[C@@H]2Oc2ccccc2C1=O. The molecule has 164 valence electrons. The van der Waals surface area contributed by atoms with E-state index < -0.39 is 0 Å². The van der Waals surface area contributed by atoms with Gasteiger partial charge in [0.15, 0.2) is 0 Å². The maximum atomic E-state index is 13.2. The van der Waals surface area contributed by atoms with E-state index in [4.69, 9.17) is 4.74 Å². The second-order valence-corrected chi connectivity index (χ2v) is 9.30. The van der Waals surface area contributed by atoms with E-state index >= 15 is 0 Å². The molecule has 0 N–H and O–H groups in total. The Morgan fingerprint density at radius 3 is 2.40 bits per heavy atom. The lowest BCUT2D eigenvalue weighted by molar-refractivity contribution is -0.138. The molecule has 1 aliphatic heterocycles. The minimum absolute atomic E-state index is 0.0266. The van der Waals surface area contributed by atoms with Crippen molar-refractivity contribution in [3.63, 3.8) is 0 Å². The highest BCUT2D eigenvalue weighted by molar-refractivity contribution is 5.96. The van der Waals surface area contributed by atoms with Crippen LogP contribution in [0.5, 0.6) is 5.75 Å². The number of benzene rings is 1. The van der Waals surface area contributed by atoms with Crippen molar-refractivity contribution < 1.29 is 14.3 Å². The van der Waals surface area contributed by atoms with Crippen LogP contribution in [0.2, 0.25) is 0 Å². The van der Waals surface area contributed by atoms with Crippen molar-refractivity contribution in [1.82, 2.24) is 9.80 Å². The molecule has 2 fully saturated rings. The number of hydrogen-bond acceptors (Lipinski definition) is 3. The van der Waals surface area contributed by atoms with Crippen molar-refractivity contribution in [2.45, 2.75) is 82.8 Å². The van der Waals surface area contributed by atoms with Crippen LogP contribution in [0.3, 0.4) is 0 Å². The van der Waals surface area contributed by atoms with Crippen molar-refractivity contribution in [3.8, 4) is 5.75 Å². The van der Waals surface area contributed by atoms with E-state index in [-0.39, 0.29) is 24.0 Å². The molecule has 0 aromatic heterocycles. The summed E-state index contributed by atoms with van der Waals surface area (Å²) in [5, 5.41) is 0. The van der Waals surface area contributed by atoms with Crippen LogP contribution >= 0.6 is 0 Å². The third-order valence-corrected chi connectivity index (χ3v) is 6.91. The largest absolute Gasteiger partial charge is 0.487 e. The van der Waals surface area contributed by atoms with E-state index in [0.717, 1.165) is 83.7 Å². The minimum Gasteiger partial charge on any atom is -0.487 e. The lowest BCUT2D eigenvalue weighted by Gasteiger charge is -2.40. The molecule has 3 aliphatic rings. The van der Waals surface area contributed by atoms with Crippen molar-refractivity contribution in [3.05, 3.63) is 29.8 Å². The topological polar surface area (TPSA) is 49.9 Å². The Morgan fingerprint density at radius 2 is 1.60 bits per heavy atom. The molecule has 4 rings (SSSR count). The first-order chi connectivity index (χ1) is 14.6. The third kappa shape index (κ3) is 4.98. The Balaban J connectivity index is 1.62. The lowest BCUT2D eigenvalue weighted by atomic mass is 9.90. The number of amides is 2. The fraction of sp³-hybridized carbons (Fsp3) is 0.680. The molecule has 5 heteroatoms. The average molecular weight is 413 g/mol. The van der Waals surface area contributed by atoms with Gasteiger partial charge in [-0.05, 0) is 57.1 Å². The Morgan fingerprint density at radius 1 is 0.900 bits per heavy atom. The minimum atomic E-state index is -0.0363. The number of fused-ring (bicyclic) bond motifs is 2. The molecule has 0 spiro atoms. The van der Waals surface area contributed by atoms with Gasteiger partial charge in [-0.25, -0.2) is 0 Å². The molecule has 5 nitrogen and oxygen atoms in total. The summed E-state index contributed by atoms with van der Waals surface area (Å²) in [6, 6.07) is 7.75. The van der Waals surface area contributed by atoms with E-state index in [1.807, 2.05) is 36.2 Å². The normalized spacial score (nSPS) is 26.6. The highest BCUT2D eigenvalue weighted by atomic mass is 16.5. The van der Waals surface area contributed by atoms with Crippen molar-refractivity contribution in [2.24, 2.45) is 5.92 Å². The second kappa shape index (κ2) is 9.84. The van der Waals surface area contributed by atoms with Gasteiger partial charge in [0, 0.05) is 26.1 Å². The molecule has 2 atom stereocenters. The van der Waals surface area contributed by atoms with Crippen molar-refractivity contribution >= 4 is 11.8 Å². The highest BCUT2D eigenvalue weighted by Crippen LogP contribution is 2.35. The summed E-state index contributed by atoms with van der Waals surface area (Å²) in [4.78, 5) is 30.2. The zero-order chi connectivity index (χ0) is 20.9. The van der Waals surface area contributed by atoms with Gasteiger partial charge in [-0.2, -0.15) is 0 Å². The number of rotatable bonds is 1. The van der Waals surface area contributed by atoms with Crippen LogP contribution in [0.25, 0.3) is 0 Å². The maximum absolute atomic E-state index is 13.2. The van der Waals surface area contributed by atoms with Crippen LogP contribution in [-0.4, -0.2) is 53.9 Å². The first kappa shape index (κ1) is 21.2. The fourth-order valence-corrected chi connectivity index (χ4v) is 4.95. The number of hydrogen-bond donors (Lipinski definition) is 0. The molecular formula is C25H36N2O3. The van der Waals surface area contributed by atoms with Crippen LogP contribution in [0.15, 0.2) is 24.3 Å². The van der Waals surface area contributed by atoms with Gasteiger partial charge in [-0.1, -0.05) is 37.8 Å². The Hall–Kier alpha value is -2.04. The molecule has 30 heavy (non-hydrogen) atoms. The zero-order valence-electron chi connectivity index (χ0n) is 18.4. The van der Waals surface area contributed by atoms with Crippen LogP contribution in [0.4, 0.5) is 0 Å². The molecule has 2 saturated carbocycles. The first-order valence-electron chi connectivity index (χ1n) is 12.0. The Labute approximate surface area is 180 Å². The summed E-state index contributed by atoms with van der Waals surface area (Å²) in [5.74, 6) is 1.26. The van der Waals surface area contributed by atoms with Gasteiger partial charge < -0.3 is 14.5 Å². The van der Waals surface area contributed by atoms with Crippen LogP contribution in [0.1, 0.15) is 81.0 Å². The standard InChI is InChI=1S/C25H36N2O3/c1-26-17-9-3-2-4-10-18-27(24(28)19-15-16-19)21-12-6-8-14-23(21)30-22-13-7-5-11-20(22)25(26)29/h5,7,11,13,19,21,23H,2-4,6,8-10,12,14-18H2,1H3/t21-,23+/m1/s1. The summed E-state index contributed by atoms with van der Waals surface area (Å²) in [6.45, 7) is 1.62. The van der Waals surface area contributed by atoms with E-state index in [2.05, 4.69) is 4.90 Å². The van der Waals surface area contributed by atoms with E-state index in [0.29, 0.717) is 17.2 Å². The number of carbonyl (C=O) groups is 2.